The molecule has 4 aromatic rings. The molecule has 1 fully saturated rings. The van der Waals surface area contributed by atoms with Crippen molar-refractivity contribution in [2.24, 2.45) is 5.73 Å². The van der Waals surface area contributed by atoms with E-state index in [0.717, 1.165) is 12.1 Å². The molecular weight excluding hydrogens is 618 g/mol. The second-order valence-corrected chi connectivity index (χ2v) is 12.7. The summed E-state index contributed by atoms with van der Waals surface area (Å²) in [6, 6.07) is 13.1. The molecule has 1 aliphatic heterocycles. The molecule has 47 heavy (non-hydrogen) atoms. The number of nitrogens with one attached hydrogen (secondary N) is 1. The van der Waals surface area contributed by atoms with Crippen LogP contribution in [0.25, 0.3) is 16.6 Å². The molecule has 9 nitrogen and oxygen atoms in total. The number of aromatic nitrogens is 2. The maximum absolute atomic E-state index is 14.5. The number of methoxy groups -OCH3 is 1. The fourth-order valence-electron chi connectivity index (χ4n) is 6.40. The number of primary amides is 1. The van der Waals surface area contributed by atoms with Crippen molar-refractivity contribution in [3.05, 3.63) is 83.3 Å². The molecule has 4 N–H and O–H groups in total. The number of anilines is 1. The molecule has 0 spiro atoms. The molecule has 0 unspecified atom stereocenters. The molecule has 13 heteroatoms. The van der Waals surface area contributed by atoms with E-state index in [-0.39, 0.29) is 17.2 Å². The number of hydrogen-bond acceptors (Lipinski definition) is 6. The van der Waals surface area contributed by atoms with Crippen molar-refractivity contribution >= 4 is 28.4 Å². The smallest absolute Gasteiger partial charge is 0.418 e. The molecule has 1 saturated heterocycles. The van der Waals surface area contributed by atoms with Crippen molar-refractivity contribution < 1.29 is 37.0 Å². The molecule has 1 aromatic heterocycles. The highest BCUT2D eigenvalue weighted by atomic mass is 19.4. The van der Waals surface area contributed by atoms with Crippen molar-refractivity contribution in [1.82, 2.24) is 14.7 Å². The van der Waals surface area contributed by atoms with E-state index in [1.54, 1.807) is 48.0 Å². The molecule has 0 radical (unpaired) electrons. The van der Waals surface area contributed by atoms with Gasteiger partial charge in [-0.3, -0.25) is 9.59 Å². The van der Waals surface area contributed by atoms with Crippen LogP contribution in [0.5, 0.6) is 5.75 Å². The summed E-state index contributed by atoms with van der Waals surface area (Å²) in [6.07, 6.45) is -3.18. The number of hydrogen-bond donors (Lipinski definition) is 3. The summed E-state index contributed by atoms with van der Waals surface area (Å²) < 4.78 is 64.6. The van der Waals surface area contributed by atoms with Gasteiger partial charge >= 0.3 is 6.18 Å². The van der Waals surface area contributed by atoms with Gasteiger partial charge in [-0.05, 0) is 85.7 Å². The predicted molar refractivity (Wildman–Crippen MR) is 169 cm³/mol. The summed E-state index contributed by atoms with van der Waals surface area (Å²) >= 11 is 0. The first-order valence-corrected chi connectivity index (χ1v) is 15.1. The van der Waals surface area contributed by atoms with Gasteiger partial charge in [0.05, 0.1) is 31.1 Å². The van der Waals surface area contributed by atoms with Gasteiger partial charge in [-0.2, -0.15) is 18.3 Å². The number of rotatable bonds is 10. The van der Waals surface area contributed by atoms with Crippen LogP contribution < -0.4 is 15.8 Å². The number of alkyl halides is 3. The molecule has 0 aliphatic carbocycles. The Morgan fingerprint density at radius 1 is 1.13 bits per heavy atom. The maximum Gasteiger partial charge on any atom is 0.418 e. The largest absolute Gasteiger partial charge is 0.496 e. The van der Waals surface area contributed by atoms with Gasteiger partial charge in [-0.1, -0.05) is 19.9 Å². The normalized spacial score (nSPS) is 16.7. The fourth-order valence-corrected chi connectivity index (χ4v) is 6.40. The molecule has 2 amide bonds. The van der Waals surface area contributed by atoms with E-state index in [1.165, 1.54) is 38.1 Å². The topological polar surface area (TPSA) is 123 Å². The van der Waals surface area contributed by atoms with Gasteiger partial charge in [0.15, 0.2) is 5.60 Å². The van der Waals surface area contributed by atoms with Gasteiger partial charge in [0, 0.05) is 28.7 Å². The van der Waals surface area contributed by atoms with Crippen LogP contribution in [0.1, 0.15) is 54.6 Å². The molecule has 1 aliphatic rings. The van der Waals surface area contributed by atoms with Crippen LogP contribution in [-0.2, 0) is 10.2 Å². The minimum absolute atomic E-state index is 0.192. The number of halogens is 4. The maximum atomic E-state index is 14.5. The Kier molecular flexibility index (Phi) is 8.97. The van der Waals surface area contributed by atoms with Crippen LogP contribution in [0.4, 0.5) is 23.2 Å². The Bertz CT molecular complexity index is 1820. The molecule has 0 saturated carbocycles. The van der Waals surface area contributed by atoms with Crippen molar-refractivity contribution in [3.63, 3.8) is 0 Å². The molecule has 2 heterocycles. The Morgan fingerprint density at radius 2 is 1.87 bits per heavy atom. The number of likely N-dealkylation sites (tertiary alicyclic amines) is 1. The molecule has 2 atom stereocenters. The lowest BCUT2D eigenvalue weighted by atomic mass is 9.74. The fraction of sp³-hybridized carbons (Fsp3) is 0.382. The molecule has 250 valence electrons. The number of nitrogens with two attached hydrogens (primary N) is 1. The van der Waals surface area contributed by atoms with Crippen molar-refractivity contribution in [3.8, 4) is 11.4 Å². The first-order valence-electron chi connectivity index (χ1n) is 15.1. The molecule has 3 aromatic carbocycles. The number of nitrogens with zero attached hydrogens (tertiary/aromatic N) is 3. The van der Waals surface area contributed by atoms with E-state index in [9.17, 15) is 32.3 Å². The summed E-state index contributed by atoms with van der Waals surface area (Å²) in [5, 5.41) is 18.9. The average Bonchev–Trinajstić information content (AvgIpc) is 3.67. The monoisotopic (exact) mass is 655 g/mol. The van der Waals surface area contributed by atoms with E-state index in [4.69, 9.17) is 10.5 Å². The lowest BCUT2D eigenvalue weighted by Gasteiger charge is -2.38. The minimum Gasteiger partial charge on any atom is -0.496 e. The van der Waals surface area contributed by atoms with Gasteiger partial charge in [-0.25, -0.2) is 9.07 Å². The van der Waals surface area contributed by atoms with Gasteiger partial charge in [0.2, 0.25) is 5.91 Å². The van der Waals surface area contributed by atoms with E-state index >= 15 is 0 Å². The third kappa shape index (κ3) is 6.62. The number of aliphatic hydroxyl groups is 1. The Morgan fingerprint density at radius 3 is 2.55 bits per heavy atom. The first kappa shape index (κ1) is 33.7. The van der Waals surface area contributed by atoms with E-state index < -0.39 is 47.9 Å². The number of amides is 2. The first-order chi connectivity index (χ1) is 22.0. The van der Waals surface area contributed by atoms with Crippen LogP contribution >= 0.6 is 0 Å². The Labute approximate surface area is 269 Å². The second-order valence-electron chi connectivity index (χ2n) is 12.7. The van der Waals surface area contributed by atoms with Crippen LogP contribution in [0.3, 0.4) is 0 Å². The van der Waals surface area contributed by atoms with Crippen LogP contribution in [0.2, 0.25) is 0 Å². The number of benzene rings is 3. The van der Waals surface area contributed by atoms with Crippen LogP contribution in [0.15, 0.2) is 60.8 Å². The Hall–Kier alpha value is -4.65. The summed E-state index contributed by atoms with van der Waals surface area (Å²) in [7, 11) is 1.34. The van der Waals surface area contributed by atoms with Gasteiger partial charge in [0.1, 0.15) is 17.6 Å². The van der Waals surface area contributed by atoms with Crippen molar-refractivity contribution in [1.29, 1.82) is 0 Å². The second kappa shape index (κ2) is 12.5. The standard InChI is InChI=1S/C34H37F4N5O4/c1-20-13-26(40-19-33(46,34(36,37)38)18-32(2,3)25-16-22(35)10-11-29(25)47-4)24-17-41-43(28(24)14-20)23-8-5-7-21(15-23)31(45)42-12-6-9-27(42)30(39)44/h5,7-8,10-11,13-17,27,40,46H,6,9,12,18-19H2,1-4H3,(H2,39,44)/t27-,33-/m1/s1. The highest BCUT2D eigenvalue weighted by Gasteiger charge is 2.56. The number of ether oxygens (including phenoxy) is 1. The Balaban J connectivity index is 1.45. The van der Waals surface area contributed by atoms with Gasteiger partial charge in [-0.15, -0.1) is 0 Å². The number of aryl methyl sites for hydroxylation is 1. The molecular formula is C34H37F4N5O4. The lowest BCUT2D eigenvalue weighted by molar-refractivity contribution is -0.260. The van der Waals surface area contributed by atoms with E-state index in [0.29, 0.717) is 52.8 Å². The SMILES string of the molecule is COc1ccc(F)cc1C(C)(C)C[C@@](O)(CNc1cc(C)cc2c1cnn2-c1cccc(C(=O)N2CCC[C@@H]2C(N)=O)c1)C(F)(F)F. The lowest BCUT2D eigenvalue weighted by Crippen LogP contribution is -2.53. The number of carbonyl (C=O) groups excluding carboxylic acids is 2. The van der Waals surface area contributed by atoms with E-state index in [1.807, 2.05) is 0 Å². The number of carbonyl (C=O) groups is 2. The third-order valence-electron chi connectivity index (χ3n) is 8.74. The van der Waals surface area contributed by atoms with E-state index in [2.05, 4.69) is 10.4 Å². The van der Waals surface area contributed by atoms with Crippen LogP contribution in [-0.4, -0.2) is 69.6 Å². The van der Waals surface area contributed by atoms with Crippen molar-refractivity contribution in [2.75, 3.05) is 25.5 Å². The van der Waals surface area contributed by atoms with Crippen molar-refractivity contribution in [2.45, 2.75) is 63.3 Å². The average molecular weight is 656 g/mol. The minimum atomic E-state index is -5.04. The zero-order valence-corrected chi connectivity index (χ0v) is 26.5. The quantitative estimate of drug-likeness (QED) is 0.190. The molecule has 5 rings (SSSR count). The van der Waals surface area contributed by atoms with Gasteiger partial charge < -0.3 is 25.8 Å². The zero-order valence-electron chi connectivity index (χ0n) is 26.5. The van der Waals surface area contributed by atoms with Gasteiger partial charge in [0.25, 0.3) is 5.91 Å². The summed E-state index contributed by atoms with van der Waals surface area (Å²) in [6.45, 7) is 4.27. The zero-order chi connectivity index (χ0) is 34.3. The highest BCUT2D eigenvalue weighted by molar-refractivity contribution is 5.98. The third-order valence-corrected chi connectivity index (χ3v) is 8.74. The predicted octanol–water partition coefficient (Wildman–Crippen LogP) is 5.64. The summed E-state index contributed by atoms with van der Waals surface area (Å²) in [5.74, 6) is -1.33. The van der Waals surface area contributed by atoms with Crippen LogP contribution in [0, 0.1) is 12.7 Å². The summed E-state index contributed by atoms with van der Waals surface area (Å²) in [4.78, 5) is 26.6. The summed E-state index contributed by atoms with van der Waals surface area (Å²) in [5.41, 5.74) is 3.55. The highest BCUT2D eigenvalue weighted by Crippen LogP contribution is 2.44. The number of fused-ring (bicyclic) bond motifs is 1. The molecule has 0 bridgehead atoms.